The van der Waals surface area contributed by atoms with E-state index in [1.54, 1.807) is 11.3 Å². The van der Waals surface area contributed by atoms with Crippen molar-refractivity contribution in [1.29, 1.82) is 0 Å². The van der Waals surface area contributed by atoms with Gasteiger partial charge in [0.2, 0.25) is 0 Å². The molecule has 1 aromatic rings. The molecule has 1 rings (SSSR count). The summed E-state index contributed by atoms with van der Waals surface area (Å²) in [7, 11) is 0. The summed E-state index contributed by atoms with van der Waals surface area (Å²) < 4.78 is 0. The van der Waals surface area contributed by atoms with E-state index in [0.29, 0.717) is 12.3 Å². The van der Waals surface area contributed by atoms with Gasteiger partial charge in [-0.15, -0.1) is 11.3 Å². The molecule has 0 bridgehead atoms. The van der Waals surface area contributed by atoms with Crippen LogP contribution in [0.15, 0.2) is 5.38 Å². The number of rotatable bonds is 5. The monoisotopic (exact) mass is 227 g/mol. The molecule has 0 aromatic carbocycles. The Kier molecular flexibility index (Phi) is 4.27. The molecular formula is C11H17NO2S. The Morgan fingerprint density at radius 2 is 2.27 bits per heavy atom. The highest BCUT2D eigenvalue weighted by Crippen LogP contribution is 2.31. The molecule has 0 spiro atoms. The maximum atomic E-state index is 10.5. The predicted octanol–water partition coefficient (Wildman–Crippen LogP) is 3.06. The molecule has 0 aliphatic rings. The Hall–Kier alpha value is -0.900. The lowest BCUT2D eigenvalue weighted by atomic mass is 9.92. The van der Waals surface area contributed by atoms with E-state index in [1.807, 2.05) is 12.3 Å². The molecule has 84 valence electrons. The van der Waals surface area contributed by atoms with Gasteiger partial charge in [-0.25, -0.2) is 4.98 Å². The molecule has 4 heteroatoms. The molecule has 1 heterocycles. The van der Waals surface area contributed by atoms with Crippen LogP contribution in [-0.2, 0) is 4.79 Å². The summed E-state index contributed by atoms with van der Waals surface area (Å²) in [4.78, 5) is 15.0. The number of aryl methyl sites for hydroxylation is 1. The van der Waals surface area contributed by atoms with Crippen molar-refractivity contribution in [1.82, 2.24) is 4.98 Å². The van der Waals surface area contributed by atoms with Gasteiger partial charge in [-0.3, -0.25) is 4.79 Å². The van der Waals surface area contributed by atoms with Crippen molar-refractivity contribution in [3.8, 4) is 0 Å². The second-order valence-corrected chi connectivity index (χ2v) is 5.00. The standard InChI is InChI=1S/C11H17NO2S/c1-7(2)9(4-5-10(13)14)11-12-8(3)6-15-11/h6-7,9H,4-5H2,1-3H3,(H,13,14). The molecule has 0 aliphatic carbocycles. The number of nitrogens with zero attached hydrogens (tertiary/aromatic N) is 1. The minimum Gasteiger partial charge on any atom is -0.481 e. The largest absolute Gasteiger partial charge is 0.481 e. The van der Waals surface area contributed by atoms with Crippen LogP contribution >= 0.6 is 11.3 Å². The lowest BCUT2D eigenvalue weighted by molar-refractivity contribution is -0.137. The summed E-state index contributed by atoms with van der Waals surface area (Å²) in [5.74, 6) is -0.0105. The average molecular weight is 227 g/mol. The highest BCUT2D eigenvalue weighted by molar-refractivity contribution is 7.09. The van der Waals surface area contributed by atoms with Gasteiger partial charge in [-0.1, -0.05) is 13.8 Å². The zero-order chi connectivity index (χ0) is 11.4. The summed E-state index contributed by atoms with van der Waals surface area (Å²) >= 11 is 1.63. The average Bonchev–Trinajstić information content (AvgIpc) is 2.51. The summed E-state index contributed by atoms with van der Waals surface area (Å²) in [5, 5.41) is 11.8. The second-order valence-electron chi connectivity index (χ2n) is 4.11. The first-order valence-electron chi connectivity index (χ1n) is 5.14. The molecule has 1 aromatic heterocycles. The van der Waals surface area contributed by atoms with Crippen LogP contribution in [0.2, 0.25) is 0 Å². The summed E-state index contributed by atoms with van der Waals surface area (Å²) in [6, 6.07) is 0. The predicted molar refractivity (Wildman–Crippen MR) is 61.3 cm³/mol. The fourth-order valence-electron chi connectivity index (χ4n) is 1.56. The van der Waals surface area contributed by atoms with E-state index in [1.165, 1.54) is 0 Å². The van der Waals surface area contributed by atoms with Gasteiger partial charge < -0.3 is 5.11 Å². The number of carboxylic acids is 1. The van der Waals surface area contributed by atoms with Gasteiger partial charge in [0.1, 0.15) is 0 Å². The van der Waals surface area contributed by atoms with Gasteiger partial charge in [-0.05, 0) is 19.3 Å². The molecule has 1 N–H and O–H groups in total. The third kappa shape index (κ3) is 3.63. The third-order valence-electron chi connectivity index (χ3n) is 2.43. The fourth-order valence-corrected chi connectivity index (χ4v) is 2.67. The Bertz CT molecular complexity index is 333. The van der Waals surface area contributed by atoms with E-state index < -0.39 is 5.97 Å². The number of hydrogen-bond acceptors (Lipinski definition) is 3. The topological polar surface area (TPSA) is 50.2 Å². The molecule has 0 saturated heterocycles. The van der Waals surface area contributed by atoms with E-state index in [2.05, 4.69) is 18.8 Å². The number of aliphatic carboxylic acids is 1. The summed E-state index contributed by atoms with van der Waals surface area (Å²) in [6.45, 7) is 6.20. The smallest absolute Gasteiger partial charge is 0.303 e. The van der Waals surface area contributed by atoms with Crippen molar-refractivity contribution in [2.24, 2.45) is 5.92 Å². The van der Waals surface area contributed by atoms with Crippen LogP contribution in [0.25, 0.3) is 0 Å². The molecule has 3 nitrogen and oxygen atoms in total. The molecule has 0 fully saturated rings. The first kappa shape index (κ1) is 12.2. The van der Waals surface area contributed by atoms with Gasteiger partial charge in [0.25, 0.3) is 0 Å². The Labute approximate surface area is 94.2 Å². The van der Waals surface area contributed by atoms with Crippen LogP contribution in [-0.4, -0.2) is 16.1 Å². The molecule has 1 atom stereocenters. The highest BCUT2D eigenvalue weighted by Gasteiger charge is 2.19. The van der Waals surface area contributed by atoms with Crippen LogP contribution in [0.3, 0.4) is 0 Å². The minimum atomic E-state index is -0.728. The quantitative estimate of drug-likeness (QED) is 0.841. The van der Waals surface area contributed by atoms with Crippen molar-refractivity contribution < 1.29 is 9.90 Å². The van der Waals surface area contributed by atoms with Crippen LogP contribution in [0.5, 0.6) is 0 Å². The molecule has 0 radical (unpaired) electrons. The van der Waals surface area contributed by atoms with E-state index >= 15 is 0 Å². The van der Waals surface area contributed by atoms with Crippen LogP contribution in [0, 0.1) is 12.8 Å². The fraction of sp³-hybridized carbons (Fsp3) is 0.636. The minimum absolute atomic E-state index is 0.224. The number of carboxylic acid groups (broad SMARTS) is 1. The lowest BCUT2D eigenvalue weighted by Gasteiger charge is -2.17. The number of carbonyl (C=O) groups is 1. The first-order valence-corrected chi connectivity index (χ1v) is 6.02. The Balaban J connectivity index is 2.70. The second kappa shape index (κ2) is 5.26. The van der Waals surface area contributed by atoms with Gasteiger partial charge in [0, 0.05) is 23.4 Å². The maximum Gasteiger partial charge on any atom is 0.303 e. The molecule has 0 saturated carbocycles. The van der Waals surface area contributed by atoms with Crippen molar-refractivity contribution in [2.45, 2.75) is 39.5 Å². The SMILES string of the molecule is Cc1csc(C(CCC(=O)O)C(C)C)n1. The lowest BCUT2D eigenvalue weighted by Crippen LogP contribution is -2.09. The van der Waals surface area contributed by atoms with Crippen molar-refractivity contribution >= 4 is 17.3 Å². The zero-order valence-corrected chi connectivity index (χ0v) is 10.2. The maximum absolute atomic E-state index is 10.5. The van der Waals surface area contributed by atoms with Gasteiger partial charge in [0.15, 0.2) is 0 Å². The van der Waals surface area contributed by atoms with E-state index in [0.717, 1.165) is 10.7 Å². The van der Waals surface area contributed by atoms with Gasteiger partial charge >= 0.3 is 5.97 Å². The highest BCUT2D eigenvalue weighted by atomic mass is 32.1. The van der Waals surface area contributed by atoms with Crippen LogP contribution in [0.4, 0.5) is 0 Å². The van der Waals surface area contributed by atoms with E-state index in [-0.39, 0.29) is 12.3 Å². The normalized spacial score (nSPS) is 13.1. The van der Waals surface area contributed by atoms with Crippen LogP contribution < -0.4 is 0 Å². The van der Waals surface area contributed by atoms with Crippen molar-refractivity contribution in [2.75, 3.05) is 0 Å². The number of aromatic nitrogens is 1. The molecular weight excluding hydrogens is 210 g/mol. The van der Waals surface area contributed by atoms with Crippen LogP contribution in [0.1, 0.15) is 43.3 Å². The van der Waals surface area contributed by atoms with Gasteiger partial charge in [-0.2, -0.15) is 0 Å². The van der Waals surface area contributed by atoms with E-state index in [9.17, 15) is 4.79 Å². The van der Waals surface area contributed by atoms with E-state index in [4.69, 9.17) is 5.11 Å². The number of thiazole rings is 1. The summed E-state index contributed by atoms with van der Waals surface area (Å²) in [5.41, 5.74) is 1.02. The van der Waals surface area contributed by atoms with Crippen molar-refractivity contribution in [3.05, 3.63) is 16.1 Å². The molecule has 1 unspecified atom stereocenters. The van der Waals surface area contributed by atoms with Gasteiger partial charge in [0.05, 0.1) is 5.01 Å². The summed E-state index contributed by atoms with van der Waals surface area (Å²) in [6.07, 6.45) is 0.904. The molecule has 0 amide bonds. The van der Waals surface area contributed by atoms with Crippen molar-refractivity contribution in [3.63, 3.8) is 0 Å². The zero-order valence-electron chi connectivity index (χ0n) is 9.36. The molecule has 15 heavy (non-hydrogen) atoms. The molecule has 0 aliphatic heterocycles. The Morgan fingerprint density at radius 1 is 1.60 bits per heavy atom. The Morgan fingerprint density at radius 3 is 2.67 bits per heavy atom. The third-order valence-corrected chi connectivity index (χ3v) is 3.52. The first-order chi connectivity index (χ1) is 7.00. The number of hydrogen-bond donors (Lipinski definition) is 1.